The van der Waals surface area contributed by atoms with Crippen LogP contribution in [0.1, 0.15) is 121 Å². The van der Waals surface area contributed by atoms with Gasteiger partial charge < -0.3 is 92.5 Å². The highest BCUT2D eigenvalue weighted by Crippen LogP contribution is 2.24. The molecule has 10 atom stereocenters. The molecule has 2 fully saturated rings. The van der Waals surface area contributed by atoms with E-state index in [1.165, 1.54) is 21.6 Å². The molecule has 2 saturated heterocycles. The molecule has 13 amide bonds. The Morgan fingerprint density at radius 3 is 1.51 bits per heavy atom. The first-order valence-electron chi connectivity index (χ1n) is 32.2. The summed E-state index contributed by atoms with van der Waals surface area (Å²) >= 11 is 1.45. The van der Waals surface area contributed by atoms with Gasteiger partial charge in [-0.05, 0) is 119 Å². The first-order valence-corrected chi connectivity index (χ1v) is 33.6. The van der Waals surface area contributed by atoms with Crippen molar-refractivity contribution in [2.24, 2.45) is 51.0 Å². The molecule has 0 radical (unpaired) electrons. The average Bonchev–Trinajstić information content (AvgIpc) is 1.74. The van der Waals surface area contributed by atoms with Crippen LogP contribution in [0, 0.1) is 5.92 Å². The Balaban J connectivity index is 1.56. The predicted molar refractivity (Wildman–Crippen MR) is 356 cm³/mol. The molecule has 31 nitrogen and oxygen atoms in total. The number of rotatable bonds is 42. The molecular formula is C63H98N18O13S. The molecule has 0 aromatic heterocycles. The summed E-state index contributed by atoms with van der Waals surface area (Å²) in [5.74, 6) is -9.80. The molecule has 32 heteroatoms. The van der Waals surface area contributed by atoms with Gasteiger partial charge >= 0.3 is 0 Å². The maximum Gasteiger partial charge on any atom is 0.245 e. The molecule has 95 heavy (non-hydrogen) atoms. The molecule has 2 aliphatic heterocycles. The zero-order valence-corrected chi connectivity index (χ0v) is 55.3. The largest absolute Gasteiger partial charge is 0.370 e. The number of aliphatic imine (C=N–C) groups is 1. The number of nitrogens with zero attached hydrogens (tertiary/aromatic N) is 3. The van der Waals surface area contributed by atoms with Crippen LogP contribution in [0.5, 0.6) is 0 Å². The van der Waals surface area contributed by atoms with Crippen molar-refractivity contribution in [1.82, 2.24) is 52.3 Å². The molecular weight excluding hydrogens is 1250 g/mol. The van der Waals surface area contributed by atoms with Crippen molar-refractivity contribution in [2.45, 2.75) is 183 Å². The lowest BCUT2D eigenvalue weighted by atomic mass is 10.0. The SMILES string of the molecule is CSCC[C@H](NC(=O)[C@H](CC(C)C)NC(=O)CNC(=O)[C@H](Cc1ccccc1)NC(=O)[C@H](Cc1ccccc1)NC(=O)[C@@H](CCC(N)=O)NC(=O)[C@@H](CCC(N)=O)NC(=O)[C@@H]1CCCN1C(=O)[C@@H](CCCCN)NC(=O)[C@H]1CCCN1C(=O)[C@@H](N)CCCN=C(N)N)C(N)=O. The molecule has 0 unspecified atom stereocenters. The third-order valence-corrected chi connectivity index (χ3v) is 16.7. The number of carbonyl (C=O) groups excluding carboxylic acids is 13. The highest BCUT2D eigenvalue weighted by molar-refractivity contribution is 7.98. The fourth-order valence-electron chi connectivity index (χ4n) is 11.0. The first-order chi connectivity index (χ1) is 45.2. The van der Waals surface area contributed by atoms with E-state index < -0.39 is 169 Å². The number of primary amides is 3. The van der Waals surface area contributed by atoms with E-state index in [2.05, 4.69) is 47.5 Å². The summed E-state index contributed by atoms with van der Waals surface area (Å²) < 4.78 is 0. The van der Waals surface area contributed by atoms with Gasteiger partial charge in [0.25, 0.3) is 0 Å². The van der Waals surface area contributed by atoms with Gasteiger partial charge in [-0.25, -0.2) is 0 Å². The zero-order chi connectivity index (χ0) is 70.1. The van der Waals surface area contributed by atoms with Crippen molar-refractivity contribution in [3.63, 3.8) is 0 Å². The van der Waals surface area contributed by atoms with Gasteiger partial charge in [0.1, 0.15) is 54.4 Å². The fraction of sp³-hybridized carbons (Fsp3) is 0.587. The second-order valence-electron chi connectivity index (χ2n) is 24.1. The maximum atomic E-state index is 14.7. The van der Waals surface area contributed by atoms with E-state index >= 15 is 0 Å². The number of likely N-dealkylation sites (tertiary alicyclic amines) is 2. The van der Waals surface area contributed by atoms with E-state index in [9.17, 15) is 62.3 Å². The van der Waals surface area contributed by atoms with Crippen LogP contribution in [0.25, 0.3) is 0 Å². The van der Waals surface area contributed by atoms with Crippen molar-refractivity contribution in [3.8, 4) is 0 Å². The lowest BCUT2D eigenvalue weighted by Gasteiger charge is -2.32. The number of nitrogens with two attached hydrogens (primary N) is 7. The number of nitrogens with one attached hydrogen (secondary N) is 8. The second kappa shape index (κ2) is 41.0. The first kappa shape index (κ1) is 78.5. The van der Waals surface area contributed by atoms with Gasteiger partial charge in [0.05, 0.1) is 12.6 Å². The lowest BCUT2D eigenvalue weighted by molar-refractivity contribution is -0.144. The van der Waals surface area contributed by atoms with Crippen LogP contribution in [0.4, 0.5) is 0 Å². The van der Waals surface area contributed by atoms with Crippen LogP contribution in [0.15, 0.2) is 65.7 Å². The Bertz CT molecular complexity index is 2960. The topological polar surface area (TPSA) is 519 Å². The Morgan fingerprint density at radius 1 is 0.537 bits per heavy atom. The Kier molecular flexibility index (Phi) is 33.9. The van der Waals surface area contributed by atoms with Crippen LogP contribution < -0.4 is 82.7 Å². The molecule has 2 aliphatic rings. The van der Waals surface area contributed by atoms with Crippen LogP contribution >= 0.6 is 11.8 Å². The van der Waals surface area contributed by atoms with Crippen molar-refractivity contribution in [1.29, 1.82) is 0 Å². The highest BCUT2D eigenvalue weighted by atomic mass is 32.2. The third kappa shape index (κ3) is 27.5. The Labute approximate surface area is 558 Å². The van der Waals surface area contributed by atoms with Crippen LogP contribution in [0.3, 0.4) is 0 Å². The molecule has 2 heterocycles. The van der Waals surface area contributed by atoms with E-state index in [1.807, 2.05) is 20.1 Å². The molecule has 0 spiro atoms. The van der Waals surface area contributed by atoms with Gasteiger partial charge in [-0.2, -0.15) is 11.8 Å². The van der Waals surface area contributed by atoms with Crippen molar-refractivity contribution < 1.29 is 62.3 Å². The molecule has 2 aromatic carbocycles. The summed E-state index contributed by atoms with van der Waals surface area (Å²) in [6.45, 7) is 3.86. The summed E-state index contributed by atoms with van der Waals surface area (Å²) in [6.07, 6.45) is 3.12. The smallest absolute Gasteiger partial charge is 0.245 e. The van der Waals surface area contributed by atoms with Crippen LogP contribution in [0.2, 0.25) is 0 Å². The molecule has 4 rings (SSSR count). The van der Waals surface area contributed by atoms with E-state index in [0.717, 1.165) is 0 Å². The zero-order valence-electron chi connectivity index (χ0n) is 54.5. The van der Waals surface area contributed by atoms with E-state index in [0.29, 0.717) is 55.4 Å². The molecule has 2 aromatic rings. The van der Waals surface area contributed by atoms with Crippen molar-refractivity contribution in [2.75, 3.05) is 44.7 Å². The number of guanidine groups is 1. The van der Waals surface area contributed by atoms with E-state index in [-0.39, 0.29) is 83.0 Å². The van der Waals surface area contributed by atoms with E-state index in [1.54, 1.807) is 60.7 Å². The standard InChI is InChI=1S/C63H98N18O13S/c1-37(2)33-45(57(89)74-41(53(68)85)27-32-95-3)73-52(84)36-72-54(86)46(34-38-15-6-4-7-16-38)78-58(90)47(35-39-17-8-5-9-18-39)79-56(88)42(23-25-50(66)82)75-55(87)43(24-26-51(67)83)76-59(91)49-22-14-31-81(49)62(94)44(20-10-11-28-64)77-60(92)48-21-13-30-80(48)61(93)40(65)19-12-29-71-63(69)70/h4-9,15-18,37,40-49H,10-14,19-36,64-65H2,1-3H3,(H2,66,82)(H2,67,83)(H2,68,85)(H,72,86)(H,73,84)(H,74,89)(H,75,87)(H,76,91)(H,77,92)(H,78,90)(H,79,88)(H4,69,70,71)/t40-,41-,42+,43+,44+,45-,46-,47-,48+,49-/m0/s1. The molecule has 0 saturated carbocycles. The fourth-order valence-corrected chi connectivity index (χ4v) is 11.5. The van der Waals surface area contributed by atoms with Crippen LogP contribution in [-0.4, -0.2) is 198 Å². The molecule has 0 bridgehead atoms. The minimum atomic E-state index is -1.64. The number of carbonyl (C=O) groups is 13. The molecule has 0 aliphatic carbocycles. The number of hydrogen-bond donors (Lipinski definition) is 15. The third-order valence-electron chi connectivity index (χ3n) is 16.0. The van der Waals surface area contributed by atoms with Crippen molar-refractivity contribution >= 4 is 94.5 Å². The van der Waals surface area contributed by atoms with Gasteiger partial charge in [0.15, 0.2) is 5.96 Å². The van der Waals surface area contributed by atoms with Gasteiger partial charge in [0, 0.05) is 45.3 Å². The predicted octanol–water partition coefficient (Wildman–Crippen LogP) is -3.71. The molecule has 22 N–H and O–H groups in total. The average molecular weight is 1350 g/mol. The quantitative estimate of drug-likeness (QED) is 0.0173. The lowest BCUT2D eigenvalue weighted by Crippen LogP contribution is -2.60. The minimum absolute atomic E-state index is 0.0736. The number of unbranched alkanes of at least 4 members (excludes halogenated alkanes) is 1. The summed E-state index contributed by atoms with van der Waals surface area (Å²) in [7, 11) is 0. The maximum absolute atomic E-state index is 14.7. The monoisotopic (exact) mass is 1350 g/mol. The normalized spacial score (nSPS) is 16.8. The summed E-state index contributed by atoms with van der Waals surface area (Å²) in [6, 6.07) is 4.51. The van der Waals surface area contributed by atoms with Crippen molar-refractivity contribution in [3.05, 3.63) is 71.8 Å². The highest BCUT2D eigenvalue weighted by Gasteiger charge is 2.42. The minimum Gasteiger partial charge on any atom is -0.370 e. The summed E-state index contributed by atoms with van der Waals surface area (Å²) in [5.41, 5.74) is 40.6. The number of hydrogen-bond acceptors (Lipinski definition) is 17. The Hall–Kier alpha value is -8.91. The van der Waals surface area contributed by atoms with E-state index in [4.69, 9.17) is 40.1 Å². The van der Waals surface area contributed by atoms with Crippen LogP contribution in [-0.2, 0) is 75.2 Å². The number of thioether (sulfide) groups is 1. The van der Waals surface area contributed by atoms with Gasteiger partial charge in [-0.15, -0.1) is 0 Å². The summed E-state index contributed by atoms with van der Waals surface area (Å²) in [5, 5.41) is 21.1. The number of amides is 13. The molecule has 524 valence electrons. The van der Waals surface area contributed by atoms with Gasteiger partial charge in [-0.1, -0.05) is 74.5 Å². The van der Waals surface area contributed by atoms with Gasteiger partial charge in [0.2, 0.25) is 76.8 Å². The van der Waals surface area contributed by atoms with Gasteiger partial charge in [-0.3, -0.25) is 67.3 Å². The Morgan fingerprint density at radius 2 is 1.01 bits per heavy atom. The number of benzene rings is 2. The summed E-state index contributed by atoms with van der Waals surface area (Å²) in [4.78, 5) is 185. The second-order valence-corrected chi connectivity index (χ2v) is 25.1.